The number of hydrogen-bond acceptors (Lipinski definition) is 3. The van der Waals surface area contributed by atoms with Gasteiger partial charge >= 0.3 is 0 Å². The van der Waals surface area contributed by atoms with E-state index in [0.29, 0.717) is 18.7 Å². The number of aromatic nitrogens is 1. The van der Waals surface area contributed by atoms with Gasteiger partial charge in [-0.25, -0.2) is 0 Å². The molecule has 5 heteroatoms. The number of ether oxygens (including phenoxy) is 1. The van der Waals surface area contributed by atoms with Gasteiger partial charge in [-0.3, -0.25) is 9.78 Å². The number of pyridine rings is 1. The number of hydrogen-bond donors (Lipinski definition) is 1. The fourth-order valence-electron chi connectivity index (χ4n) is 2.43. The summed E-state index contributed by atoms with van der Waals surface area (Å²) in [6.45, 7) is 3.06. The number of carbonyl (C=O) groups is 1. The van der Waals surface area contributed by atoms with Crippen molar-refractivity contribution in [3.63, 3.8) is 0 Å². The lowest BCUT2D eigenvalue weighted by Crippen LogP contribution is -2.23. The fourth-order valence-corrected chi connectivity index (χ4v) is 2.99. The lowest BCUT2D eigenvalue weighted by Gasteiger charge is -2.10. The van der Waals surface area contributed by atoms with Gasteiger partial charge in [0.25, 0.3) is 5.91 Å². The molecule has 1 aliphatic heterocycles. The molecule has 21 heavy (non-hydrogen) atoms. The fraction of sp³-hybridized carbons (Fsp3) is 0.250. The summed E-state index contributed by atoms with van der Waals surface area (Å²) >= 11 is 3.50. The molecule has 0 saturated carbocycles. The number of nitrogens with zero attached hydrogens (tertiary/aromatic N) is 1. The number of aryl methyl sites for hydroxylation is 1. The first-order valence-electron chi connectivity index (χ1n) is 6.77. The van der Waals surface area contributed by atoms with Gasteiger partial charge in [-0.1, -0.05) is 15.9 Å². The van der Waals surface area contributed by atoms with Gasteiger partial charge in [0.15, 0.2) is 0 Å². The molecule has 0 bridgehead atoms. The van der Waals surface area contributed by atoms with E-state index in [9.17, 15) is 4.79 Å². The van der Waals surface area contributed by atoms with Crippen molar-refractivity contribution in [1.82, 2.24) is 10.3 Å². The molecule has 4 nitrogen and oxygen atoms in total. The Balaban J connectivity index is 1.75. The largest absolute Gasteiger partial charge is 0.493 e. The molecule has 1 aromatic heterocycles. The Morgan fingerprint density at radius 1 is 1.38 bits per heavy atom. The maximum Gasteiger partial charge on any atom is 0.253 e. The van der Waals surface area contributed by atoms with Gasteiger partial charge in [-0.05, 0) is 36.2 Å². The van der Waals surface area contributed by atoms with Crippen molar-refractivity contribution < 1.29 is 9.53 Å². The molecule has 0 spiro atoms. The van der Waals surface area contributed by atoms with E-state index in [1.54, 1.807) is 12.4 Å². The minimum atomic E-state index is -0.127. The Bertz CT molecular complexity index is 701. The average molecular weight is 347 g/mol. The number of fused-ring (bicyclic) bond motifs is 1. The van der Waals surface area contributed by atoms with E-state index < -0.39 is 0 Å². The second kappa shape index (κ2) is 5.85. The van der Waals surface area contributed by atoms with E-state index in [0.717, 1.165) is 27.8 Å². The van der Waals surface area contributed by atoms with E-state index in [-0.39, 0.29) is 5.91 Å². The molecule has 0 saturated heterocycles. The maximum absolute atomic E-state index is 12.2. The van der Waals surface area contributed by atoms with Crippen LogP contribution in [0.3, 0.4) is 0 Å². The monoisotopic (exact) mass is 346 g/mol. The third kappa shape index (κ3) is 3.08. The first kappa shape index (κ1) is 14.1. The van der Waals surface area contributed by atoms with Gasteiger partial charge in [0.1, 0.15) is 5.75 Å². The highest BCUT2D eigenvalue weighted by molar-refractivity contribution is 9.10. The molecule has 0 radical (unpaired) electrons. The van der Waals surface area contributed by atoms with Crippen LogP contribution >= 0.6 is 15.9 Å². The minimum Gasteiger partial charge on any atom is -0.493 e. The van der Waals surface area contributed by atoms with Gasteiger partial charge in [0.2, 0.25) is 0 Å². The predicted molar refractivity (Wildman–Crippen MR) is 83.5 cm³/mol. The molecule has 1 aliphatic rings. The minimum absolute atomic E-state index is 0.127. The molecule has 2 aromatic rings. The van der Waals surface area contributed by atoms with Crippen LogP contribution in [0.1, 0.15) is 27.0 Å². The SMILES string of the molecule is Cc1cncc(C(=O)NCc2cc(Br)cc3c2OCC3)c1. The van der Waals surface area contributed by atoms with Gasteiger partial charge in [-0.15, -0.1) is 0 Å². The number of amides is 1. The van der Waals surface area contributed by atoms with Crippen molar-refractivity contribution in [3.05, 3.63) is 57.3 Å². The predicted octanol–water partition coefficient (Wildman–Crippen LogP) is 3.02. The summed E-state index contributed by atoms with van der Waals surface area (Å²) in [5, 5.41) is 2.92. The number of benzene rings is 1. The quantitative estimate of drug-likeness (QED) is 0.929. The molecule has 0 fully saturated rings. The standard InChI is InChI=1S/C16H15BrN2O2/c1-10-4-13(8-18-7-10)16(20)19-9-12-6-14(17)5-11-2-3-21-15(11)12/h4-8H,2-3,9H2,1H3,(H,19,20). The Morgan fingerprint density at radius 2 is 2.24 bits per heavy atom. The molecule has 3 rings (SSSR count). The van der Waals surface area contributed by atoms with E-state index in [1.807, 2.05) is 19.1 Å². The van der Waals surface area contributed by atoms with Crippen LogP contribution in [0.5, 0.6) is 5.75 Å². The highest BCUT2D eigenvalue weighted by Crippen LogP contribution is 2.32. The third-order valence-electron chi connectivity index (χ3n) is 3.40. The van der Waals surface area contributed by atoms with Gasteiger partial charge in [-0.2, -0.15) is 0 Å². The Labute approximate surface area is 131 Å². The first-order valence-corrected chi connectivity index (χ1v) is 7.57. The lowest BCUT2D eigenvalue weighted by atomic mass is 10.1. The zero-order chi connectivity index (χ0) is 14.8. The van der Waals surface area contributed by atoms with Crippen LogP contribution in [-0.2, 0) is 13.0 Å². The summed E-state index contributed by atoms with van der Waals surface area (Å²) < 4.78 is 6.66. The van der Waals surface area contributed by atoms with Crippen LogP contribution in [0.2, 0.25) is 0 Å². The molecule has 0 unspecified atom stereocenters. The Kier molecular flexibility index (Phi) is 3.92. The Morgan fingerprint density at radius 3 is 3.05 bits per heavy atom. The van der Waals surface area contributed by atoms with Crippen LogP contribution in [-0.4, -0.2) is 17.5 Å². The molecule has 1 amide bonds. The summed E-state index contributed by atoms with van der Waals surface area (Å²) in [4.78, 5) is 16.2. The lowest BCUT2D eigenvalue weighted by molar-refractivity contribution is 0.0950. The molecular weight excluding hydrogens is 332 g/mol. The second-order valence-electron chi connectivity index (χ2n) is 5.09. The third-order valence-corrected chi connectivity index (χ3v) is 3.86. The smallest absolute Gasteiger partial charge is 0.253 e. The van der Waals surface area contributed by atoms with Crippen molar-refractivity contribution in [2.45, 2.75) is 19.9 Å². The van der Waals surface area contributed by atoms with Crippen molar-refractivity contribution in [3.8, 4) is 5.75 Å². The van der Waals surface area contributed by atoms with Crippen molar-refractivity contribution in [2.75, 3.05) is 6.61 Å². The van der Waals surface area contributed by atoms with Crippen molar-refractivity contribution >= 4 is 21.8 Å². The average Bonchev–Trinajstić information content (AvgIpc) is 2.92. The maximum atomic E-state index is 12.2. The zero-order valence-electron chi connectivity index (χ0n) is 11.6. The molecule has 1 aromatic carbocycles. The molecule has 1 N–H and O–H groups in total. The van der Waals surface area contributed by atoms with Gasteiger partial charge < -0.3 is 10.1 Å². The summed E-state index contributed by atoms with van der Waals surface area (Å²) in [6.07, 6.45) is 4.22. The van der Waals surface area contributed by atoms with Crippen LogP contribution in [0.4, 0.5) is 0 Å². The molecule has 2 heterocycles. The van der Waals surface area contributed by atoms with Crippen molar-refractivity contribution in [1.29, 1.82) is 0 Å². The topological polar surface area (TPSA) is 51.2 Å². The van der Waals surface area contributed by atoms with E-state index >= 15 is 0 Å². The number of halogens is 1. The Hall–Kier alpha value is -1.88. The highest BCUT2D eigenvalue weighted by Gasteiger charge is 2.18. The normalized spacial score (nSPS) is 12.7. The van der Waals surface area contributed by atoms with Crippen LogP contribution in [0, 0.1) is 6.92 Å². The van der Waals surface area contributed by atoms with E-state index in [2.05, 4.69) is 32.3 Å². The second-order valence-corrected chi connectivity index (χ2v) is 6.00. The van der Waals surface area contributed by atoms with Gasteiger partial charge in [0.05, 0.1) is 12.2 Å². The zero-order valence-corrected chi connectivity index (χ0v) is 13.2. The van der Waals surface area contributed by atoms with E-state index in [1.165, 1.54) is 5.56 Å². The molecule has 0 aliphatic carbocycles. The first-order chi connectivity index (χ1) is 10.1. The summed E-state index contributed by atoms with van der Waals surface area (Å²) in [7, 11) is 0. The van der Waals surface area contributed by atoms with E-state index in [4.69, 9.17) is 4.74 Å². The molecule has 108 valence electrons. The van der Waals surface area contributed by atoms with Gasteiger partial charge in [0, 0.05) is 35.4 Å². The summed E-state index contributed by atoms with van der Waals surface area (Å²) in [5.41, 5.74) is 3.72. The van der Waals surface area contributed by atoms with Crippen molar-refractivity contribution in [2.24, 2.45) is 0 Å². The summed E-state index contributed by atoms with van der Waals surface area (Å²) in [6, 6.07) is 5.88. The molecular formula is C16H15BrN2O2. The van der Waals surface area contributed by atoms with Crippen LogP contribution in [0.25, 0.3) is 0 Å². The summed E-state index contributed by atoms with van der Waals surface area (Å²) in [5.74, 6) is 0.777. The van der Waals surface area contributed by atoms with Crippen LogP contribution in [0.15, 0.2) is 35.1 Å². The van der Waals surface area contributed by atoms with Crippen LogP contribution < -0.4 is 10.1 Å². The number of rotatable bonds is 3. The number of carbonyl (C=O) groups excluding carboxylic acids is 1. The molecule has 0 atom stereocenters. The highest BCUT2D eigenvalue weighted by atomic mass is 79.9. The number of nitrogens with one attached hydrogen (secondary N) is 1.